The number of nitriles is 1. The third-order valence-corrected chi connectivity index (χ3v) is 8.69. The van der Waals surface area contributed by atoms with Gasteiger partial charge in [-0.3, -0.25) is 4.79 Å². The van der Waals surface area contributed by atoms with E-state index in [-0.39, 0.29) is 5.56 Å². The predicted octanol–water partition coefficient (Wildman–Crippen LogP) is 4.43. The fourth-order valence-corrected chi connectivity index (χ4v) is 8.11. The quantitative estimate of drug-likeness (QED) is 0.817. The van der Waals surface area contributed by atoms with E-state index in [9.17, 15) is 10.1 Å². The maximum Gasteiger partial charge on any atom is 0.267 e. The van der Waals surface area contributed by atoms with E-state index in [0.717, 1.165) is 53.4 Å². The lowest BCUT2D eigenvalue weighted by atomic mass is 9.50. The van der Waals surface area contributed by atoms with Gasteiger partial charge in [-0.1, -0.05) is 0 Å². The average molecular weight is 355 g/mol. The molecule has 1 aromatic heterocycles. The van der Waals surface area contributed by atoms with E-state index in [2.05, 4.69) is 11.1 Å². The zero-order valence-corrected chi connectivity index (χ0v) is 15.6. The molecule has 1 N–H and O–H groups in total. The zero-order valence-electron chi connectivity index (χ0n) is 14.8. The van der Waals surface area contributed by atoms with Crippen LogP contribution in [0.5, 0.6) is 0 Å². The van der Waals surface area contributed by atoms with E-state index in [1.54, 1.807) is 0 Å². The first-order chi connectivity index (χ1) is 12.2. The minimum absolute atomic E-state index is 0.170. The van der Waals surface area contributed by atoms with Crippen LogP contribution in [-0.4, -0.2) is 10.7 Å². The number of H-pyrrole nitrogens is 1. The van der Waals surface area contributed by atoms with E-state index in [1.165, 1.54) is 50.5 Å². The summed E-state index contributed by atoms with van der Waals surface area (Å²) < 4.78 is 0. The summed E-state index contributed by atoms with van der Waals surface area (Å²) in [6.07, 6.45) is 12.9. The SMILES string of the molecule is N#Cc1c2c(c(SCC34CC5CC(CC(C5)C3)C4)[nH]c1=O)CCCC2. The first kappa shape index (κ1) is 16.0. The van der Waals surface area contributed by atoms with Gasteiger partial charge < -0.3 is 4.98 Å². The molecule has 0 amide bonds. The number of rotatable bonds is 3. The second-order valence-corrected chi connectivity index (χ2v) is 10.1. The van der Waals surface area contributed by atoms with Crippen molar-refractivity contribution in [1.29, 1.82) is 5.26 Å². The highest BCUT2D eigenvalue weighted by molar-refractivity contribution is 7.99. The Kier molecular flexibility index (Phi) is 3.78. The minimum Gasteiger partial charge on any atom is -0.316 e. The van der Waals surface area contributed by atoms with Crippen LogP contribution in [-0.2, 0) is 12.8 Å². The molecule has 0 saturated heterocycles. The summed E-state index contributed by atoms with van der Waals surface area (Å²) >= 11 is 1.89. The molecule has 0 aromatic carbocycles. The van der Waals surface area contributed by atoms with Crippen molar-refractivity contribution >= 4 is 11.8 Å². The Morgan fingerprint density at radius 3 is 2.24 bits per heavy atom. The largest absolute Gasteiger partial charge is 0.316 e. The van der Waals surface area contributed by atoms with Crippen molar-refractivity contribution in [2.45, 2.75) is 69.2 Å². The van der Waals surface area contributed by atoms with Crippen LogP contribution in [0.15, 0.2) is 9.82 Å². The van der Waals surface area contributed by atoms with E-state index in [0.29, 0.717) is 11.0 Å². The first-order valence-corrected chi connectivity index (χ1v) is 11.0. The Hall–Kier alpha value is -1.21. The molecular formula is C21H26N2OS. The molecule has 1 aromatic rings. The molecular weight excluding hydrogens is 328 g/mol. The van der Waals surface area contributed by atoms with E-state index < -0.39 is 0 Å². The van der Waals surface area contributed by atoms with Crippen LogP contribution in [0.2, 0.25) is 0 Å². The molecule has 1 heterocycles. The van der Waals surface area contributed by atoms with Crippen LogP contribution in [0.4, 0.5) is 0 Å². The summed E-state index contributed by atoms with van der Waals surface area (Å²) in [7, 11) is 0. The lowest BCUT2D eigenvalue weighted by Crippen LogP contribution is -2.47. The molecule has 5 aliphatic rings. The van der Waals surface area contributed by atoms with E-state index >= 15 is 0 Å². The summed E-state index contributed by atoms with van der Waals surface area (Å²) in [5.74, 6) is 4.08. The summed E-state index contributed by atoms with van der Waals surface area (Å²) in [6, 6.07) is 2.15. The molecule has 4 fully saturated rings. The molecule has 4 saturated carbocycles. The lowest BCUT2D eigenvalue weighted by molar-refractivity contribution is -0.0381. The maximum absolute atomic E-state index is 12.4. The number of fused-ring (bicyclic) bond motifs is 1. The lowest BCUT2D eigenvalue weighted by Gasteiger charge is -2.56. The van der Waals surface area contributed by atoms with E-state index in [4.69, 9.17) is 0 Å². The fraction of sp³-hybridized carbons (Fsp3) is 0.714. The number of pyridine rings is 1. The molecule has 5 aliphatic carbocycles. The molecule has 132 valence electrons. The summed E-state index contributed by atoms with van der Waals surface area (Å²) in [4.78, 5) is 15.4. The van der Waals surface area contributed by atoms with Gasteiger partial charge >= 0.3 is 0 Å². The highest BCUT2D eigenvalue weighted by atomic mass is 32.2. The fourth-order valence-electron chi connectivity index (χ4n) is 6.74. The van der Waals surface area contributed by atoms with Crippen LogP contribution in [0, 0.1) is 34.5 Å². The second-order valence-electron chi connectivity index (χ2n) is 9.14. The summed E-state index contributed by atoms with van der Waals surface area (Å²) in [5, 5.41) is 10.5. The van der Waals surface area contributed by atoms with Gasteiger partial charge in [0, 0.05) is 5.75 Å². The van der Waals surface area contributed by atoms with Crippen molar-refractivity contribution < 1.29 is 0 Å². The standard InChI is InChI=1S/C21H26N2OS/c22-11-18-16-3-1-2-4-17(16)20(23-19(18)24)25-12-21-8-13-5-14(9-21)7-15(6-13)10-21/h13-15H,1-10,12H2,(H,23,24). The van der Waals surface area contributed by atoms with Gasteiger partial charge in [0.1, 0.15) is 11.6 Å². The number of nitrogens with one attached hydrogen (secondary N) is 1. The molecule has 0 aliphatic heterocycles. The van der Waals surface area contributed by atoms with Gasteiger partial charge in [-0.25, -0.2) is 0 Å². The molecule has 25 heavy (non-hydrogen) atoms. The highest BCUT2D eigenvalue weighted by Crippen LogP contribution is 2.61. The van der Waals surface area contributed by atoms with Gasteiger partial charge in [0.05, 0.1) is 5.03 Å². The molecule has 3 nitrogen and oxygen atoms in total. The number of thioether (sulfide) groups is 1. The zero-order chi connectivity index (χ0) is 17.0. The molecule has 4 bridgehead atoms. The molecule has 0 spiro atoms. The molecule has 6 rings (SSSR count). The van der Waals surface area contributed by atoms with Gasteiger partial charge in [-0.15, -0.1) is 11.8 Å². The second kappa shape index (κ2) is 5.91. The van der Waals surface area contributed by atoms with Crippen LogP contribution in [0.3, 0.4) is 0 Å². The van der Waals surface area contributed by atoms with Crippen LogP contribution < -0.4 is 5.56 Å². The van der Waals surface area contributed by atoms with Gasteiger partial charge in [0.25, 0.3) is 5.56 Å². The normalized spacial score (nSPS) is 35.4. The Morgan fingerprint density at radius 1 is 1.04 bits per heavy atom. The number of aromatic amines is 1. The minimum atomic E-state index is -0.170. The van der Waals surface area contributed by atoms with Crippen molar-refractivity contribution in [3.05, 3.63) is 27.0 Å². The third-order valence-electron chi connectivity index (χ3n) is 7.30. The van der Waals surface area contributed by atoms with Gasteiger partial charge in [-0.05, 0) is 98.5 Å². The number of hydrogen-bond acceptors (Lipinski definition) is 3. The average Bonchev–Trinajstić information content (AvgIpc) is 2.59. The number of aromatic nitrogens is 1. The topological polar surface area (TPSA) is 56.6 Å². The summed E-state index contributed by atoms with van der Waals surface area (Å²) in [5.41, 5.74) is 3.04. The number of nitrogens with zero attached hydrogens (tertiary/aromatic N) is 1. The van der Waals surface area contributed by atoms with Crippen LogP contribution >= 0.6 is 11.8 Å². The van der Waals surface area contributed by atoms with Crippen molar-refractivity contribution in [3.8, 4) is 6.07 Å². The Balaban J connectivity index is 1.43. The van der Waals surface area contributed by atoms with Gasteiger partial charge in [0.15, 0.2) is 0 Å². The molecule has 0 unspecified atom stereocenters. The Labute approximate surface area is 153 Å². The first-order valence-electron chi connectivity index (χ1n) is 9.97. The van der Waals surface area contributed by atoms with E-state index in [1.807, 2.05) is 11.8 Å². The Morgan fingerprint density at radius 2 is 1.64 bits per heavy atom. The molecule has 4 heteroatoms. The van der Waals surface area contributed by atoms with Crippen molar-refractivity contribution in [1.82, 2.24) is 4.98 Å². The Bertz CT molecular complexity index is 768. The highest BCUT2D eigenvalue weighted by Gasteiger charge is 2.50. The van der Waals surface area contributed by atoms with Crippen LogP contribution in [0.25, 0.3) is 0 Å². The smallest absolute Gasteiger partial charge is 0.267 e. The predicted molar refractivity (Wildman–Crippen MR) is 99.7 cm³/mol. The van der Waals surface area contributed by atoms with Crippen LogP contribution in [0.1, 0.15) is 68.1 Å². The van der Waals surface area contributed by atoms with Crippen molar-refractivity contribution in [3.63, 3.8) is 0 Å². The molecule has 0 radical (unpaired) electrons. The monoisotopic (exact) mass is 354 g/mol. The number of hydrogen-bond donors (Lipinski definition) is 1. The molecule has 0 atom stereocenters. The van der Waals surface area contributed by atoms with Gasteiger partial charge in [-0.2, -0.15) is 5.26 Å². The van der Waals surface area contributed by atoms with Gasteiger partial charge in [0.2, 0.25) is 0 Å². The maximum atomic E-state index is 12.4. The third kappa shape index (κ3) is 2.67. The van der Waals surface area contributed by atoms with Crippen molar-refractivity contribution in [2.75, 3.05) is 5.75 Å². The van der Waals surface area contributed by atoms with Crippen molar-refractivity contribution in [2.24, 2.45) is 23.2 Å². The summed E-state index contributed by atoms with van der Waals surface area (Å²) in [6.45, 7) is 0.